The highest BCUT2D eigenvalue weighted by molar-refractivity contribution is 5.93. The van der Waals surface area contributed by atoms with Gasteiger partial charge >= 0.3 is 18.2 Å². The monoisotopic (exact) mass is 528 g/mol. The van der Waals surface area contributed by atoms with Crippen LogP contribution in [0.5, 0.6) is 0 Å². The molecule has 216 valence electrons. The number of nitrogens with one attached hydrogen (secondary N) is 2. The minimum Gasteiger partial charge on any atom is -0.475 e. The van der Waals surface area contributed by atoms with Gasteiger partial charge in [-0.05, 0) is 45.3 Å². The van der Waals surface area contributed by atoms with E-state index in [1.165, 1.54) is 90.0 Å². The minimum atomic E-state index is -5.08. The summed E-state index contributed by atoms with van der Waals surface area (Å²) in [5.41, 5.74) is 10.1. The molecule has 0 aromatic heterocycles. The molecule has 0 fully saturated rings. The largest absolute Gasteiger partial charge is 0.490 e. The molecule has 36 heavy (non-hydrogen) atoms. The van der Waals surface area contributed by atoms with Gasteiger partial charge in [-0.1, -0.05) is 84.5 Å². The summed E-state index contributed by atoms with van der Waals surface area (Å²) in [4.78, 5) is 29.3. The summed E-state index contributed by atoms with van der Waals surface area (Å²) < 4.78 is 31.7. The quantitative estimate of drug-likeness (QED) is 0.137. The lowest BCUT2D eigenvalue weighted by molar-refractivity contribution is -0.192. The first-order chi connectivity index (χ1) is 17.0. The number of carboxylic acid groups (broad SMARTS) is 1. The zero-order chi connectivity index (χ0) is 28.1. The van der Waals surface area contributed by atoms with Crippen molar-refractivity contribution < 1.29 is 32.7 Å². The van der Waals surface area contributed by atoms with Crippen molar-refractivity contribution in [3.8, 4) is 0 Å². The van der Waals surface area contributed by atoms with Crippen LogP contribution in [0.1, 0.15) is 117 Å². The maximum Gasteiger partial charge on any atom is 0.490 e. The van der Waals surface area contributed by atoms with Gasteiger partial charge in [0.15, 0.2) is 0 Å². The Morgan fingerprint density at radius 1 is 0.722 bits per heavy atom. The third-order valence-electron chi connectivity index (χ3n) is 5.00. The lowest BCUT2D eigenvalue weighted by Gasteiger charge is -2.04. The molecule has 0 saturated carbocycles. The summed E-state index contributed by atoms with van der Waals surface area (Å²) in [6, 6.07) is -0.784. The van der Waals surface area contributed by atoms with Crippen molar-refractivity contribution >= 4 is 17.9 Å². The number of imide groups is 1. The van der Waals surface area contributed by atoms with Crippen LogP contribution in [0.15, 0.2) is 0 Å². The minimum absolute atomic E-state index is 0.315. The van der Waals surface area contributed by atoms with E-state index < -0.39 is 18.2 Å². The van der Waals surface area contributed by atoms with Crippen LogP contribution in [0.2, 0.25) is 0 Å². The van der Waals surface area contributed by atoms with Crippen LogP contribution in [0.4, 0.5) is 18.0 Å². The molecule has 0 aliphatic heterocycles. The van der Waals surface area contributed by atoms with E-state index in [1.807, 2.05) is 12.2 Å². The van der Waals surface area contributed by atoms with Crippen LogP contribution in [0, 0.1) is 0 Å². The van der Waals surface area contributed by atoms with Crippen LogP contribution >= 0.6 is 0 Å². The Hall–Kier alpha value is -1.88. The van der Waals surface area contributed by atoms with Crippen LogP contribution in [0.3, 0.4) is 0 Å². The van der Waals surface area contributed by atoms with Gasteiger partial charge in [0.2, 0.25) is 5.91 Å². The fourth-order valence-electron chi connectivity index (χ4n) is 3.04. The standard InChI is InChI=1S/C18H40N2.C5H10N2O2.C2HF3O2/c1-2-3-4-5-6-7-8-9-10-11-12-14-17-20-18-15-13-16-19;1-2-3-4(8)7-5(6)9;3-2(4,5)1(6)7/h20H,2-19H2,1H3;2-3H2,1H3,(H3,6,7,8,9);(H,6,7). The first-order valence-corrected chi connectivity index (χ1v) is 13.3. The SMILES string of the molecule is CCCC(=O)NC(N)=O.CCCCCCCCCCCCCCNCCCCN.O=C(O)C(F)(F)F. The molecule has 0 rings (SSSR count). The molecule has 0 bridgehead atoms. The molecule has 0 aliphatic carbocycles. The highest BCUT2D eigenvalue weighted by Crippen LogP contribution is 2.13. The Bertz CT molecular complexity index is 504. The number of halogens is 3. The summed E-state index contributed by atoms with van der Waals surface area (Å²) in [6.45, 7) is 7.31. The lowest BCUT2D eigenvalue weighted by atomic mass is 10.1. The number of rotatable bonds is 19. The number of unbranched alkanes of at least 4 members (excludes halogenated alkanes) is 12. The predicted octanol–water partition coefficient (Wildman–Crippen LogP) is 5.63. The molecule has 0 aliphatic rings. The second kappa shape index (κ2) is 29.4. The number of amides is 3. The number of hydrogen-bond donors (Lipinski definition) is 5. The highest BCUT2D eigenvalue weighted by Gasteiger charge is 2.38. The van der Waals surface area contributed by atoms with Crippen molar-refractivity contribution in [2.75, 3.05) is 19.6 Å². The normalized spacial score (nSPS) is 10.5. The molecular weight excluding hydrogens is 477 g/mol. The van der Waals surface area contributed by atoms with Gasteiger partial charge in [-0.3, -0.25) is 10.1 Å². The molecule has 0 atom stereocenters. The first kappa shape index (κ1) is 38.6. The van der Waals surface area contributed by atoms with E-state index in [1.54, 1.807) is 0 Å². The molecule has 3 amide bonds. The zero-order valence-corrected chi connectivity index (χ0v) is 22.4. The van der Waals surface area contributed by atoms with E-state index in [4.69, 9.17) is 15.6 Å². The number of primary amides is 1. The van der Waals surface area contributed by atoms with Crippen molar-refractivity contribution in [3.05, 3.63) is 0 Å². The Morgan fingerprint density at radius 3 is 1.44 bits per heavy atom. The van der Waals surface area contributed by atoms with Gasteiger partial charge in [0, 0.05) is 6.42 Å². The summed E-state index contributed by atoms with van der Waals surface area (Å²) in [7, 11) is 0. The van der Waals surface area contributed by atoms with Gasteiger partial charge in [-0.2, -0.15) is 13.2 Å². The highest BCUT2D eigenvalue weighted by atomic mass is 19.4. The molecule has 0 radical (unpaired) electrons. The van der Waals surface area contributed by atoms with E-state index >= 15 is 0 Å². The van der Waals surface area contributed by atoms with Crippen molar-refractivity contribution in [3.63, 3.8) is 0 Å². The first-order valence-electron chi connectivity index (χ1n) is 13.3. The fraction of sp³-hybridized carbons (Fsp3) is 0.880. The van der Waals surface area contributed by atoms with Crippen molar-refractivity contribution in [2.45, 2.75) is 123 Å². The van der Waals surface area contributed by atoms with Crippen LogP contribution in [0.25, 0.3) is 0 Å². The van der Waals surface area contributed by atoms with Gasteiger partial charge in [0.25, 0.3) is 0 Å². The summed E-state index contributed by atoms with van der Waals surface area (Å²) >= 11 is 0. The third-order valence-corrected chi connectivity index (χ3v) is 5.00. The van der Waals surface area contributed by atoms with Crippen molar-refractivity contribution in [1.29, 1.82) is 0 Å². The molecule has 0 aromatic carbocycles. The van der Waals surface area contributed by atoms with Crippen molar-refractivity contribution in [2.24, 2.45) is 11.5 Å². The maximum absolute atomic E-state index is 10.6. The predicted molar refractivity (Wildman–Crippen MR) is 139 cm³/mol. The number of urea groups is 1. The second-order valence-corrected chi connectivity index (χ2v) is 8.60. The van der Waals surface area contributed by atoms with Gasteiger partial charge < -0.3 is 21.9 Å². The zero-order valence-electron chi connectivity index (χ0n) is 22.4. The maximum atomic E-state index is 10.6. The third kappa shape index (κ3) is 39.3. The number of carboxylic acids is 1. The topological polar surface area (TPSA) is 148 Å². The number of aliphatic carboxylic acids is 1. The van der Waals surface area contributed by atoms with Gasteiger partial charge in [0.1, 0.15) is 0 Å². The van der Waals surface area contributed by atoms with E-state index in [2.05, 4.69) is 18.0 Å². The van der Waals surface area contributed by atoms with E-state index in [0.29, 0.717) is 6.42 Å². The number of hydrogen-bond acceptors (Lipinski definition) is 5. The molecule has 0 spiro atoms. The number of nitrogens with two attached hydrogens (primary N) is 2. The Kier molecular flexibility index (Phi) is 31.5. The van der Waals surface area contributed by atoms with Crippen LogP contribution in [-0.2, 0) is 9.59 Å². The van der Waals surface area contributed by atoms with Gasteiger partial charge in [-0.25, -0.2) is 9.59 Å². The number of carbonyl (C=O) groups is 3. The van der Waals surface area contributed by atoms with E-state index in [9.17, 15) is 22.8 Å². The number of carbonyl (C=O) groups excluding carboxylic acids is 2. The van der Waals surface area contributed by atoms with Crippen molar-refractivity contribution in [1.82, 2.24) is 10.6 Å². The Morgan fingerprint density at radius 2 is 1.11 bits per heavy atom. The summed E-state index contributed by atoms with van der Waals surface area (Å²) in [5.74, 6) is -3.07. The summed E-state index contributed by atoms with van der Waals surface area (Å²) in [5, 5.41) is 12.6. The Balaban J connectivity index is -0.000000558. The molecule has 11 heteroatoms. The fourth-order valence-corrected chi connectivity index (χ4v) is 3.04. The molecule has 8 nitrogen and oxygen atoms in total. The van der Waals surface area contributed by atoms with E-state index in [0.717, 1.165) is 25.9 Å². The van der Waals surface area contributed by atoms with Crippen LogP contribution in [-0.4, -0.2) is 48.8 Å². The average molecular weight is 529 g/mol. The molecule has 0 aromatic rings. The lowest BCUT2D eigenvalue weighted by Crippen LogP contribution is -2.34. The Labute approximate surface area is 215 Å². The molecule has 7 N–H and O–H groups in total. The second-order valence-electron chi connectivity index (χ2n) is 8.60. The molecule has 0 saturated heterocycles. The van der Waals surface area contributed by atoms with Gasteiger partial charge in [-0.15, -0.1) is 0 Å². The van der Waals surface area contributed by atoms with Crippen LogP contribution < -0.4 is 22.1 Å². The number of alkyl halides is 3. The molecule has 0 heterocycles. The average Bonchev–Trinajstić information content (AvgIpc) is 2.79. The van der Waals surface area contributed by atoms with Gasteiger partial charge in [0.05, 0.1) is 0 Å². The molecule has 0 unspecified atom stereocenters. The summed E-state index contributed by atoms with van der Waals surface area (Å²) in [6.07, 6.45) is 15.6. The smallest absolute Gasteiger partial charge is 0.475 e. The van der Waals surface area contributed by atoms with E-state index in [-0.39, 0.29) is 5.91 Å². The molecular formula is C25H51F3N4O4.